The van der Waals surface area contributed by atoms with Crippen LogP contribution in [0.5, 0.6) is 0 Å². The Morgan fingerprint density at radius 2 is 1.85 bits per heavy atom. The van der Waals surface area contributed by atoms with Crippen LogP contribution in [0.25, 0.3) is 0 Å². The van der Waals surface area contributed by atoms with E-state index in [1.807, 2.05) is 6.92 Å². The van der Waals surface area contributed by atoms with Crippen LogP contribution in [0.4, 0.5) is 0 Å². The van der Waals surface area contributed by atoms with Crippen molar-refractivity contribution in [1.29, 1.82) is 0 Å². The fourth-order valence-corrected chi connectivity index (χ4v) is 2.48. The summed E-state index contributed by atoms with van der Waals surface area (Å²) in [5.41, 5.74) is 1.31. The molecule has 1 heterocycles. The molecule has 0 saturated heterocycles. The van der Waals surface area contributed by atoms with E-state index in [0.717, 1.165) is 31.7 Å². The van der Waals surface area contributed by atoms with Crippen LogP contribution in [0.3, 0.4) is 0 Å². The molecular formula is C15H21N3OS. The Kier molecular flexibility index (Phi) is 6.08. The molecule has 2 aromatic rings. The number of thioether (sulfide) groups is 1. The Balaban J connectivity index is 1.81. The maximum absolute atomic E-state index is 5.49. The molecule has 0 unspecified atom stereocenters. The van der Waals surface area contributed by atoms with Crippen LogP contribution in [-0.4, -0.2) is 16.7 Å². The van der Waals surface area contributed by atoms with Crippen molar-refractivity contribution in [2.45, 2.75) is 43.9 Å². The first-order chi connectivity index (χ1) is 9.81. The minimum Gasteiger partial charge on any atom is -0.424 e. The van der Waals surface area contributed by atoms with Gasteiger partial charge in [0.2, 0.25) is 11.8 Å². The zero-order valence-electron chi connectivity index (χ0n) is 12.1. The van der Waals surface area contributed by atoms with Crippen molar-refractivity contribution in [3.63, 3.8) is 0 Å². The van der Waals surface area contributed by atoms with Gasteiger partial charge in [-0.25, -0.2) is 0 Å². The molecule has 0 aliphatic carbocycles. The van der Waals surface area contributed by atoms with Crippen LogP contribution in [0.2, 0.25) is 0 Å². The minimum absolute atomic E-state index is 0.695. The van der Waals surface area contributed by atoms with Crippen molar-refractivity contribution in [3.8, 4) is 0 Å². The highest BCUT2D eigenvalue weighted by Gasteiger charge is 2.05. The Labute approximate surface area is 124 Å². The quantitative estimate of drug-likeness (QED) is 0.596. The highest BCUT2D eigenvalue weighted by Crippen LogP contribution is 2.22. The summed E-state index contributed by atoms with van der Waals surface area (Å²) in [7, 11) is 0. The SMILES string of the molecule is CCCNCc1ccc(SCc2nnc(CC)o2)cc1. The molecule has 0 fully saturated rings. The molecule has 4 nitrogen and oxygen atoms in total. The van der Waals surface area contributed by atoms with Gasteiger partial charge in [-0.1, -0.05) is 26.0 Å². The fourth-order valence-electron chi connectivity index (χ4n) is 1.75. The molecule has 1 aromatic carbocycles. The Bertz CT molecular complexity index is 510. The molecule has 1 aromatic heterocycles. The molecule has 0 atom stereocenters. The van der Waals surface area contributed by atoms with E-state index >= 15 is 0 Å². The van der Waals surface area contributed by atoms with Gasteiger partial charge in [0.15, 0.2) is 0 Å². The molecule has 0 radical (unpaired) electrons. The van der Waals surface area contributed by atoms with Gasteiger partial charge in [-0.2, -0.15) is 0 Å². The van der Waals surface area contributed by atoms with Crippen molar-refractivity contribution >= 4 is 11.8 Å². The molecule has 5 heteroatoms. The summed E-state index contributed by atoms with van der Waals surface area (Å²) in [6.07, 6.45) is 1.95. The van der Waals surface area contributed by atoms with Gasteiger partial charge in [-0.05, 0) is 30.7 Å². The topological polar surface area (TPSA) is 51.0 Å². The number of nitrogens with one attached hydrogen (secondary N) is 1. The van der Waals surface area contributed by atoms with Crippen molar-refractivity contribution in [2.24, 2.45) is 0 Å². The lowest BCUT2D eigenvalue weighted by molar-refractivity contribution is 0.470. The number of aromatic nitrogens is 2. The Morgan fingerprint density at radius 3 is 2.50 bits per heavy atom. The third kappa shape index (κ3) is 4.65. The first-order valence-electron chi connectivity index (χ1n) is 7.05. The number of benzene rings is 1. The van der Waals surface area contributed by atoms with Crippen LogP contribution >= 0.6 is 11.8 Å². The molecule has 108 valence electrons. The summed E-state index contributed by atoms with van der Waals surface area (Å²) < 4.78 is 5.49. The average molecular weight is 291 g/mol. The molecule has 0 aliphatic heterocycles. The lowest BCUT2D eigenvalue weighted by Gasteiger charge is -2.04. The molecule has 0 spiro atoms. The first-order valence-corrected chi connectivity index (χ1v) is 8.04. The standard InChI is InChI=1S/C15H21N3OS/c1-3-9-16-10-12-5-7-13(8-6-12)20-11-15-18-17-14(4-2)19-15/h5-8,16H,3-4,9-11H2,1-2H3. The van der Waals surface area contributed by atoms with Gasteiger partial charge in [0.05, 0.1) is 5.75 Å². The number of hydrogen-bond donors (Lipinski definition) is 1. The maximum atomic E-state index is 5.49. The van der Waals surface area contributed by atoms with Crippen LogP contribution in [0.1, 0.15) is 37.6 Å². The molecule has 0 aliphatic rings. The van der Waals surface area contributed by atoms with Crippen LogP contribution < -0.4 is 5.32 Å². The third-order valence-corrected chi connectivity index (χ3v) is 3.85. The molecule has 0 bridgehead atoms. The fraction of sp³-hybridized carbons (Fsp3) is 0.467. The lowest BCUT2D eigenvalue weighted by atomic mass is 10.2. The second-order valence-corrected chi connectivity index (χ2v) is 5.60. The Hall–Kier alpha value is -1.33. The smallest absolute Gasteiger partial charge is 0.226 e. The normalized spacial score (nSPS) is 10.9. The molecular weight excluding hydrogens is 270 g/mol. The molecule has 2 rings (SSSR count). The van der Waals surface area contributed by atoms with Gasteiger partial charge in [-0.15, -0.1) is 22.0 Å². The zero-order valence-corrected chi connectivity index (χ0v) is 12.9. The van der Waals surface area contributed by atoms with E-state index in [4.69, 9.17) is 4.42 Å². The number of aryl methyl sites for hydroxylation is 1. The Morgan fingerprint density at radius 1 is 1.10 bits per heavy atom. The predicted octanol–water partition coefficient (Wildman–Crippen LogP) is 3.42. The second kappa shape index (κ2) is 8.07. The summed E-state index contributed by atoms with van der Waals surface area (Å²) in [6, 6.07) is 8.61. The van der Waals surface area contributed by atoms with Gasteiger partial charge in [0.1, 0.15) is 0 Å². The van der Waals surface area contributed by atoms with E-state index in [0.29, 0.717) is 11.8 Å². The van der Waals surface area contributed by atoms with E-state index < -0.39 is 0 Å². The van der Waals surface area contributed by atoms with E-state index in [1.54, 1.807) is 11.8 Å². The summed E-state index contributed by atoms with van der Waals surface area (Å²) in [5.74, 6) is 2.12. The molecule has 0 amide bonds. The van der Waals surface area contributed by atoms with Crippen molar-refractivity contribution in [1.82, 2.24) is 15.5 Å². The van der Waals surface area contributed by atoms with Crippen molar-refractivity contribution in [3.05, 3.63) is 41.6 Å². The molecule has 0 saturated carbocycles. The summed E-state index contributed by atoms with van der Waals surface area (Å²) in [4.78, 5) is 1.22. The lowest BCUT2D eigenvalue weighted by Crippen LogP contribution is -2.13. The summed E-state index contributed by atoms with van der Waals surface area (Å²) >= 11 is 1.72. The van der Waals surface area contributed by atoms with E-state index in [2.05, 4.69) is 46.7 Å². The predicted molar refractivity (Wildman–Crippen MR) is 81.7 cm³/mol. The average Bonchev–Trinajstić information content (AvgIpc) is 2.95. The maximum Gasteiger partial charge on any atom is 0.226 e. The highest BCUT2D eigenvalue weighted by molar-refractivity contribution is 7.98. The zero-order chi connectivity index (χ0) is 14.2. The second-order valence-electron chi connectivity index (χ2n) is 4.55. The van der Waals surface area contributed by atoms with E-state index in [9.17, 15) is 0 Å². The van der Waals surface area contributed by atoms with Gasteiger partial charge in [0, 0.05) is 17.9 Å². The summed E-state index contributed by atoms with van der Waals surface area (Å²) in [6.45, 7) is 6.18. The summed E-state index contributed by atoms with van der Waals surface area (Å²) in [5, 5.41) is 11.4. The highest BCUT2D eigenvalue weighted by atomic mass is 32.2. The third-order valence-electron chi connectivity index (χ3n) is 2.85. The molecule has 1 N–H and O–H groups in total. The van der Waals surface area contributed by atoms with Crippen LogP contribution in [0, 0.1) is 0 Å². The van der Waals surface area contributed by atoms with E-state index in [-0.39, 0.29) is 0 Å². The van der Waals surface area contributed by atoms with E-state index in [1.165, 1.54) is 10.5 Å². The number of rotatable bonds is 8. The van der Waals surface area contributed by atoms with Crippen molar-refractivity contribution in [2.75, 3.05) is 6.54 Å². The van der Waals surface area contributed by atoms with Gasteiger partial charge in [-0.3, -0.25) is 0 Å². The minimum atomic E-state index is 0.695. The van der Waals surface area contributed by atoms with Gasteiger partial charge >= 0.3 is 0 Å². The van der Waals surface area contributed by atoms with Gasteiger partial charge < -0.3 is 9.73 Å². The monoisotopic (exact) mass is 291 g/mol. The van der Waals surface area contributed by atoms with Gasteiger partial charge in [0.25, 0.3) is 0 Å². The van der Waals surface area contributed by atoms with Crippen LogP contribution in [-0.2, 0) is 18.7 Å². The number of hydrogen-bond acceptors (Lipinski definition) is 5. The molecule has 20 heavy (non-hydrogen) atoms. The first kappa shape index (κ1) is 15.1. The van der Waals surface area contributed by atoms with Crippen LogP contribution in [0.15, 0.2) is 33.6 Å². The number of nitrogens with zero attached hydrogens (tertiary/aromatic N) is 2. The largest absolute Gasteiger partial charge is 0.424 e. The van der Waals surface area contributed by atoms with Crippen molar-refractivity contribution < 1.29 is 4.42 Å².